The Kier molecular flexibility index (Phi) is 15.1. The molecule has 0 heterocycles. The van der Waals surface area contributed by atoms with Crippen LogP contribution in [0.1, 0.15) is 41.4 Å². The van der Waals surface area contributed by atoms with E-state index in [9.17, 15) is 39.6 Å². The van der Waals surface area contributed by atoms with Crippen molar-refractivity contribution in [2.75, 3.05) is 0 Å². The van der Waals surface area contributed by atoms with Crippen molar-refractivity contribution in [1.82, 2.24) is 0 Å². The molecule has 0 spiro atoms. The Bertz CT molecular complexity index is 1250. The van der Waals surface area contributed by atoms with Crippen LogP contribution < -0.4 is 20.4 Å². The molecule has 0 aromatic heterocycles. The predicted octanol–water partition coefficient (Wildman–Crippen LogP) is 1.45. The predicted molar refractivity (Wildman–Crippen MR) is 137 cm³/mol. The third-order valence-electron chi connectivity index (χ3n) is 4.47. The van der Waals surface area contributed by atoms with E-state index in [4.69, 9.17) is 20.4 Å². The van der Waals surface area contributed by atoms with Gasteiger partial charge in [0.15, 0.2) is 0 Å². The molecule has 208 valence electrons. The van der Waals surface area contributed by atoms with Gasteiger partial charge in [0.05, 0.1) is 22.3 Å². The molecule has 4 N–H and O–H groups in total. The average Bonchev–Trinajstić information content (AvgIpc) is 2.90. The van der Waals surface area contributed by atoms with Crippen LogP contribution in [0, 0.1) is 0 Å². The van der Waals surface area contributed by atoms with Crippen LogP contribution in [0.15, 0.2) is 97.1 Å². The second-order valence-corrected chi connectivity index (χ2v) is 7.21. The van der Waals surface area contributed by atoms with Crippen LogP contribution in [0.4, 0.5) is 0 Å². The molecular weight excluding hydrogens is 556 g/mol. The Labute approximate surface area is 237 Å². The summed E-state index contributed by atoms with van der Waals surface area (Å²) in [6.07, 6.45) is 0. The summed E-state index contributed by atoms with van der Waals surface area (Å²) in [4.78, 5) is 40.9. The van der Waals surface area contributed by atoms with Gasteiger partial charge >= 0.3 is 34.8 Å². The summed E-state index contributed by atoms with van der Waals surface area (Å²) in [6, 6.07) is 22.1. The molecule has 0 radical (unpaired) electrons. The van der Waals surface area contributed by atoms with Gasteiger partial charge in [-0.3, -0.25) is 0 Å². The first-order valence-corrected chi connectivity index (χ1v) is 10.8. The number of para-hydroxylation sites is 4. The Hall–Kier alpha value is -5.82. The monoisotopic (exact) mass is 576 g/mol. The molecule has 12 nitrogen and oxygen atoms in total. The summed E-state index contributed by atoms with van der Waals surface area (Å²) >= 11 is 0. The first-order valence-electron chi connectivity index (χ1n) is 10.8. The fourth-order valence-electron chi connectivity index (χ4n) is 2.57. The number of hydrogen-bond acceptors (Lipinski definition) is 8. The maximum absolute atomic E-state index is 10.7. The Morgan fingerprint density at radius 2 is 0.512 bits per heavy atom. The van der Waals surface area contributed by atoms with E-state index in [1.165, 1.54) is 97.1 Å². The van der Waals surface area contributed by atoms with Gasteiger partial charge in [-0.25, -0.2) is 19.2 Å². The molecule has 0 atom stereocenters. The molecule has 4 aromatic rings. The van der Waals surface area contributed by atoms with Gasteiger partial charge in [-0.2, -0.15) is 0 Å². The molecule has 4 aromatic carbocycles. The largest absolute Gasteiger partial charge is 4.00 e. The molecular formula is C28H20O12Si. The number of carbonyl (C=O) groups is 4. The van der Waals surface area contributed by atoms with E-state index in [2.05, 4.69) is 0 Å². The molecule has 0 unspecified atom stereocenters. The van der Waals surface area contributed by atoms with Crippen molar-refractivity contribution in [1.29, 1.82) is 0 Å². The zero-order valence-corrected chi connectivity index (χ0v) is 21.8. The Balaban J connectivity index is 0.000000516. The van der Waals surface area contributed by atoms with Crippen molar-refractivity contribution in [3.05, 3.63) is 119 Å². The van der Waals surface area contributed by atoms with Crippen LogP contribution in [0.3, 0.4) is 0 Å². The van der Waals surface area contributed by atoms with Crippen molar-refractivity contribution < 1.29 is 60.0 Å². The van der Waals surface area contributed by atoms with E-state index in [1.807, 2.05) is 0 Å². The maximum atomic E-state index is 10.7. The molecule has 41 heavy (non-hydrogen) atoms. The molecule has 0 aliphatic heterocycles. The zero-order chi connectivity index (χ0) is 30.2. The quantitative estimate of drug-likeness (QED) is 0.252. The van der Waals surface area contributed by atoms with Crippen LogP contribution in [0.5, 0.6) is 23.0 Å². The van der Waals surface area contributed by atoms with E-state index < -0.39 is 46.9 Å². The Morgan fingerprint density at radius 3 is 0.610 bits per heavy atom. The smallest absolute Gasteiger partial charge is 0.872 e. The molecule has 0 saturated heterocycles. The van der Waals surface area contributed by atoms with Gasteiger partial charge in [-0.05, 0) is 24.3 Å². The van der Waals surface area contributed by atoms with Crippen LogP contribution in [-0.2, 0) is 0 Å². The van der Waals surface area contributed by atoms with E-state index in [0.29, 0.717) is 0 Å². The van der Waals surface area contributed by atoms with Gasteiger partial charge in [0.1, 0.15) is 0 Å². The van der Waals surface area contributed by atoms with Crippen molar-refractivity contribution in [2.24, 2.45) is 0 Å². The van der Waals surface area contributed by atoms with Gasteiger partial charge < -0.3 is 40.9 Å². The molecule has 0 bridgehead atoms. The topological polar surface area (TPSA) is 241 Å². The first kappa shape index (κ1) is 35.2. The van der Waals surface area contributed by atoms with Crippen molar-refractivity contribution in [3.63, 3.8) is 0 Å². The van der Waals surface area contributed by atoms with Crippen molar-refractivity contribution in [3.8, 4) is 23.0 Å². The summed E-state index contributed by atoms with van der Waals surface area (Å²) in [7, 11) is 0. The number of carboxylic acids is 4. The summed E-state index contributed by atoms with van der Waals surface area (Å²) in [5, 5.41) is 76.2. The van der Waals surface area contributed by atoms with Crippen LogP contribution in [-0.4, -0.2) is 55.3 Å². The third kappa shape index (κ3) is 12.1. The van der Waals surface area contributed by atoms with Crippen molar-refractivity contribution >= 4 is 34.8 Å². The third-order valence-corrected chi connectivity index (χ3v) is 4.47. The molecule has 0 fully saturated rings. The SMILES string of the molecule is O=C(O)c1ccccc1[O-].O=C(O)c1ccccc1[O-].O=C(O)c1ccccc1[O-].O=C(O)c1ccccc1[O-].[Si+4]. The summed E-state index contributed by atoms with van der Waals surface area (Å²) < 4.78 is 0. The Morgan fingerprint density at radius 1 is 0.366 bits per heavy atom. The van der Waals surface area contributed by atoms with E-state index in [-0.39, 0.29) is 33.2 Å². The minimum absolute atomic E-state index is 0. The summed E-state index contributed by atoms with van der Waals surface area (Å²) in [6.45, 7) is 0. The van der Waals surface area contributed by atoms with E-state index in [0.717, 1.165) is 0 Å². The molecule has 0 aliphatic carbocycles. The standard InChI is InChI=1S/4C7H6O3.Si/c4*8-6-4-2-1-3-5(6)7(9)10;/h4*1-4,8H,(H,9,10);/q;;;;+4/p-4. The number of carboxylic acid groups (broad SMARTS) is 4. The fraction of sp³-hybridized carbons (Fsp3) is 0. The first-order chi connectivity index (χ1) is 18.9. The average molecular weight is 577 g/mol. The van der Waals surface area contributed by atoms with Crippen LogP contribution >= 0.6 is 0 Å². The second-order valence-electron chi connectivity index (χ2n) is 7.21. The minimum atomic E-state index is -1.18. The van der Waals surface area contributed by atoms with Crippen molar-refractivity contribution in [2.45, 2.75) is 0 Å². The zero-order valence-electron chi connectivity index (χ0n) is 20.8. The molecule has 4 rings (SSSR count). The molecule has 13 heteroatoms. The van der Waals surface area contributed by atoms with Gasteiger partial charge in [-0.15, -0.1) is 0 Å². The van der Waals surface area contributed by atoms with E-state index in [1.54, 1.807) is 0 Å². The maximum Gasteiger partial charge on any atom is 4.00 e. The van der Waals surface area contributed by atoms with Crippen LogP contribution in [0.2, 0.25) is 0 Å². The second kappa shape index (κ2) is 17.6. The number of hydrogen-bond donors (Lipinski definition) is 4. The van der Waals surface area contributed by atoms with Gasteiger partial charge in [0, 0.05) is 0 Å². The van der Waals surface area contributed by atoms with Gasteiger partial charge in [0.25, 0.3) is 0 Å². The number of rotatable bonds is 4. The fourth-order valence-corrected chi connectivity index (χ4v) is 2.57. The normalized spacial score (nSPS) is 8.98. The molecule has 0 saturated carbocycles. The van der Waals surface area contributed by atoms with E-state index >= 15 is 0 Å². The molecule has 0 aliphatic rings. The summed E-state index contributed by atoms with van der Waals surface area (Å²) in [5.41, 5.74) is -0.713. The van der Waals surface area contributed by atoms with Gasteiger partial charge in [0.2, 0.25) is 0 Å². The van der Waals surface area contributed by atoms with Gasteiger partial charge in [-0.1, -0.05) is 95.8 Å². The minimum Gasteiger partial charge on any atom is -0.872 e. The summed E-state index contributed by atoms with van der Waals surface area (Å²) in [5.74, 6) is -6.50. The van der Waals surface area contributed by atoms with Crippen LogP contribution in [0.25, 0.3) is 0 Å². The molecule has 0 amide bonds. The number of aromatic carboxylic acids is 4. The number of benzene rings is 4.